The molecule has 0 radical (unpaired) electrons. The number of carbonyl (C=O) groups excluding carboxylic acids is 1. The van der Waals surface area contributed by atoms with E-state index in [-0.39, 0.29) is 12.5 Å². The molecule has 2 rings (SSSR count). The Labute approximate surface area is 132 Å². The normalized spacial score (nSPS) is 10.6. The highest BCUT2D eigenvalue weighted by molar-refractivity contribution is 9.10. The molecule has 2 aromatic rings. The molecule has 0 aliphatic carbocycles. The quantitative estimate of drug-likeness (QED) is 0.755. The van der Waals surface area contributed by atoms with Gasteiger partial charge in [0, 0.05) is 22.9 Å². The molecule has 0 saturated carbocycles. The molecule has 1 heterocycles. The second kappa shape index (κ2) is 7.95. The van der Waals surface area contributed by atoms with Gasteiger partial charge in [0.05, 0.1) is 12.0 Å². The van der Waals surface area contributed by atoms with Crippen molar-refractivity contribution in [2.24, 2.45) is 0 Å². The Bertz CT molecular complexity index is 580. The SMILES string of the molecule is CCCNCc1cn(CC(=O)Nc2ccc(Br)cc2)cn1. The van der Waals surface area contributed by atoms with Gasteiger partial charge in [-0.2, -0.15) is 0 Å². The summed E-state index contributed by atoms with van der Waals surface area (Å²) in [6.07, 6.45) is 4.67. The van der Waals surface area contributed by atoms with E-state index in [0.29, 0.717) is 0 Å². The number of rotatable bonds is 7. The van der Waals surface area contributed by atoms with Crippen molar-refractivity contribution < 1.29 is 4.79 Å². The van der Waals surface area contributed by atoms with Crippen LogP contribution in [0, 0.1) is 0 Å². The summed E-state index contributed by atoms with van der Waals surface area (Å²) < 4.78 is 2.77. The van der Waals surface area contributed by atoms with Crippen molar-refractivity contribution in [2.45, 2.75) is 26.4 Å². The first-order valence-electron chi connectivity index (χ1n) is 6.94. The lowest BCUT2D eigenvalue weighted by Crippen LogP contribution is -2.18. The van der Waals surface area contributed by atoms with E-state index < -0.39 is 0 Å². The van der Waals surface area contributed by atoms with Crippen molar-refractivity contribution in [1.82, 2.24) is 14.9 Å². The van der Waals surface area contributed by atoms with Gasteiger partial charge in [-0.3, -0.25) is 4.79 Å². The molecule has 5 nitrogen and oxygen atoms in total. The molecule has 0 spiro atoms. The summed E-state index contributed by atoms with van der Waals surface area (Å²) in [7, 11) is 0. The third-order valence-corrected chi connectivity index (χ3v) is 3.40. The van der Waals surface area contributed by atoms with Gasteiger partial charge < -0.3 is 15.2 Å². The zero-order valence-electron chi connectivity index (χ0n) is 12.0. The molecule has 0 aliphatic rings. The van der Waals surface area contributed by atoms with Gasteiger partial charge in [0.15, 0.2) is 0 Å². The Morgan fingerprint density at radius 1 is 1.33 bits per heavy atom. The molecule has 1 amide bonds. The molecule has 0 fully saturated rings. The van der Waals surface area contributed by atoms with Crippen LogP contribution in [0.5, 0.6) is 0 Å². The Morgan fingerprint density at radius 3 is 2.81 bits per heavy atom. The molecule has 0 bridgehead atoms. The van der Waals surface area contributed by atoms with E-state index in [1.807, 2.05) is 30.5 Å². The molecule has 0 unspecified atom stereocenters. The van der Waals surface area contributed by atoms with Crippen LogP contribution in [0.1, 0.15) is 19.0 Å². The number of aromatic nitrogens is 2. The smallest absolute Gasteiger partial charge is 0.244 e. The van der Waals surface area contributed by atoms with Crippen LogP contribution >= 0.6 is 15.9 Å². The van der Waals surface area contributed by atoms with Gasteiger partial charge in [0.1, 0.15) is 6.54 Å². The zero-order chi connectivity index (χ0) is 15.1. The van der Waals surface area contributed by atoms with Crippen molar-refractivity contribution in [3.05, 3.63) is 47.0 Å². The lowest BCUT2D eigenvalue weighted by Gasteiger charge is -2.05. The molecular formula is C15H19BrN4O. The number of nitrogens with one attached hydrogen (secondary N) is 2. The van der Waals surface area contributed by atoms with Gasteiger partial charge in [-0.05, 0) is 37.2 Å². The summed E-state index contributed by atoms with van der Waals surface area (Å²) in [5.41, 5.74) is 1.73. The Hall–Kier alpha value is -1.66. The number of nitrogens with zero attached hydrogens (tertiary/aromatic N) is 2. The summed E-state index contributed by atoms with van der Waals surface area (Å²) in [6.45, 7) is 4.08. The third kappa shape index (κ3) is 5.32. The molecule has 1 aromatic heterocycles. The van der Waals surface area contributed by atoms with Crippen LogP contribution in [-0.2, 0) is 17.9 Å². The minimum absolute atomic E-state index is 0.0669. The average Bonchev–Trinajstić information content (AvgIpc) is 2.89. The summed E-state index contributed by atoms with van der Waals surface area (Å²) in [5, 5.41) is 6.14. The van der Waals surface area contributed by atoms with Crippen LogP contribution in [0.15, 0.2) is 41.3 Å². The van der Waals surface area contributed by atoms with Crippen LogP contribution in [0.3, 0.4) is 0 Å². The number of carbonyl (C=O) groups is 1. The van der Waals surface area contributed by atoms with Crippen LogP contribution < -0.4 is 10.6 Å². The summed E-state index contributed by atoms with van der Waals surface area (Å²) in [6, 6.07) is 7.50. The second-order valence-corrected chi connectivity index (χ2v) is 5.68. The number of hydrogen-bond acceptors (Lipinski definition) is 3. The van der Waals surface area contributed by atoms with Crippen molar-refractivity contribution in [3.63, 3.8) is 0 Å². The van der Waals surface area contributed by atoms with E-state index in [9.17, 15) is 4.79 Å². The highest BCUT2D eigenvalue weighted by atomic mass is 79.9. The van der Waals surface area contributed by atoms with Gasteiger partial charge in [0.2, 0.25) is 5.91 Å². The van der Waals surface area contributed by atoms with Crippen molar-refractivity contribution >= 4 is 27.5 Å². The Balaban J connectivity index is 1.83. The Morgan fingerprint density at radius 2 is 2.10 bits per heavy atom. The number of imidazole rings is 1. The standard InChI is InChI=1S/C15H19BrN4O/c1-2-7-17-8-14-9-20(11-18-14)10-15(21)19-13-5-3-12(16)4-6-13/h3-6,9,11,17H,2,7-8,10H2,1H3,(H,19,21). The highest BCUT2D eigenvalue weighted by Crippen LogP contribution is 2.14. The van der Waals surface area contributed by atoms with E-state index in [1.54, 1.807) is 10.9 Å². The van der Waals surface area contributed by atoms with Gasteiger partial charge in [0.25, 0.3) is 0 Å². The third-order valence-electron chi connectivity index (χ3n) is 2.87. The monoisotopic (exact) mass is 350 g/mol. The molecule has 0 atom stereocenters. The fourth-order valence-electron chi connectivity index (χ4n) is 1.88. The fraction of sp³-hybridized carbons (Fsp3) is 0.333. The van der Waals surface area contributed by atoms with Crippen LogP contribution in [-0.4, -0.2) is 22.0 Å². The summed E-state index contributed by atoms with van der Waals surface area (Å²) in [4.78, 5) is 16.2. The Kier molecular flexibility index (Phi) is 5.95. The van der Waals surface area contributed by atoms with Crippen molar-refractivity contribution in [1.29, 1.82) is 0 Å². The predicted molar refractivity (Wildman–Crippen MR) is 87.0 cm³/mol. The fourth-order valence-corrected chi connectivity index (χ4v) is 2.14. The first kappa shape index (κ1) is 15.7. The van der Waals surface area contributed by atoms with Gasteiger partial charge >= 0.3 is 0 Å². The van der Waals surface area contributed by atoms with Crippen molar-refractivity contribution in [2.75, 3.05) is 11.9 Å². The molecule has 112 valence electrons. The number of hydrogen-bond donors (Lipinski definition) is 2. The van der Waals surface area contributed by atoms with E-state index in [0.717, 1.165) is 35.4 Å². The lowest BCUT2D eigenvalue weighted by molar-refractivity contribution is -0.116. The summed E-state index contributed by atoms with van der Waals surface area (Å²) >= 11 is 3.36. The zero-order valence-corrected chi connectivity index (χ0v) is 13.6. The largest absolute Gasteiger partial charge is 0.328 e. The highest BCUT2D eigenvalue weighted by Gasteiger charge is 2.05. The van der Waals surface area contributed by atoms with Gasteiger partial charge in [-0.25, -0.2) is 4.98 Å². The second-order valence-electron chi connectivity index (χ2n) is 4.77. The number of halogens is 1. The maximum absolute atomic E-state index is 11.9. The number of benzene rings is 1. The molecule has 0 aliphatic heterocycles. The average molecular weight is 351 g/mol. The van der Waals surface area contributed by atoms with Crippen LogP contribution in [0.25, 0.3) is 0 Å². The molecular weight excluding hydrogens is 332 g/mol. The first-order valence-corrected chi connectivity index (χ1v) is 7.73. The van der Waals surface area contributed by atoms with E-state index >= 15 is 0 Å². The van der Waals surface area contributed by atoms with E-state index in [4.69, 9.17) is 0 Å². The maximum Gasteiger partial charge on any atom is 0.244 e. The number of anilines is 1. The van der Waals surface area contributed by atoms with Gasteiger partial charge in [-0.15, -0.1) is 0 Å². The van der Waals surface area contributed by atoms with Crippen LogP contribution in [0.4, 0.5) is 5.69 Å². The number of amides is 1. The summed E-state index contributed by atoms with van der Waals surface area (Å²) in [5.74, 6) is -0.0669. The molecule has 0 saturated heterocycles. The lowest BCUT2D eigenvalue weighted by atomic mass is 10.3. The minimum Gasteiger partial charge on any atom is -0.328 e. The maximum atomic E-state index is 11.9. The van der Waals surface area contributed by atoms with E-state index in [1.165, 1.54) is 0 Å². The minimum atomic E-state index is -0.0669. The molecule has 21 heavy (non-hydrogen) atoms. The topological polar surface area (TPSA) is 59.0 Å². The molecule has 6 heteroatoms. The first-order chi connectivity index (χ1) is 10.2. The molecule has 1 aromatic carbocycles. The van der Waals surface area contributed by atoms with E-state index in [2.05, 4.69) is 38.5 Å². The van der Waals surface area contributed by atoms with Crippen molar-refractivity contribution in [3.8, 4) is 0 Å². The predicted octanol–water partition coefficient (Wildman–Crippen LogP) is 2.78. The molecule has 2 N–H and O–H groups in total. The van der Waals surface area contributed by atoms with Gasteiger partial charge in [-0.1, -0.05) is 22.9 Å². The van der Waals surface area contributed by atoms with Crippen LogP contribution in [0.2, 0.25) is 0 Å².